The lowest BCUT2D eigenvalue weighted by Gasteiger charge is -2.09. The Morgan fingerprint density at radius 3 is 2.81 bits per heavy atom. The Bertz CT molecular complexity index is 466. The van der Waals surface area contributed by atoms with Gasteiger partial charge < -0.3 is 5.32 Å². The molecule has 1 N–H and O–H groups in total. The predicted molar refractivity (Wildman–Crippen MR) is 65.3 cm³/mol. The van der Waals surface area contributed by atoms with Gasteiger partial charge in [-0.1, -0.05) is 12.1 Å². The van der Waals surface area contributed by atoms with Gasteiger partial charge in [0, 0.05) is 11.9 Å². The van der Waals surface area contributed by atoms with E-state index in [1.165, 1.54) is 16.8 Å². The summed E-state index contributed by atoms with van der Waals surface area (Å²) in [5.74, 6) is 0. The number of hydrogen-bond donors (Lipinski definition) is 1. The Morgan fingerprint density at radius 1 is 1.19 bits per heavy atom. The molecule has 0 amide bonds. The fourth-order valence-electron chi connectivity index (χ4n) is 1.53. The van der Waals surface area contributed by atoms with Crippen molar-refractivity contribution in [3.63, 3.8) is 0 Å². The molecule has 2 rings (SSSR count). The van der Waals surface area contributed by atoms with Gasteiger partial charge in [-0.25, -0.2) is 9.97 Å². The quantitative estimate of drug-likeness (QED) is 0.851. The van der Waals surface area contributed by atoms with Crippen molar-refractivity contribution in [1.29, 1.82) is 0 Å². The Kier molecular flexibility index (Phi) is 3.15. The topological polar surface area (TPSA) is 37.8 Å². The summed E-state index contributed by atoms with van der Waals surface area (Å²) in [6, 6.07) is 8.30. The Labute approximate surface area is 95.6 Å². The second-order valence-corrected chi connectivity index (χ2v) is 3.87. The van der Waals surface area contributed by atoms with Gasteiger partial charge in [-0.05, 0) is 37.1 Å². The largest absolute Gasteiger partial charge is 0.379 e. The molecular formula is C13H15N3. The number of aromatic nitrogens is 2. The standard InChI is InChI=1S/C13H15N3/c1-10-3-4-11(2)13(7-10)15-8-12-5-6-14-9-16-12/h3-7,9,15H,8H2,1-2H3. The summed E-state index contributed by atoms with van der Waals surface area (Å²) >= 11 is 0. The van der Waals surface area contributed by atoms with Crippen LogP contribution in [0.25, 0.3) is 0 Å². The van der Waals surface area contributed by atoms with Crippen LogP contribution in [-0.2, 0) is 6.54 Å². The zero-order valence-electron chi connectivity index (χ0n) is 9.57. The number of anilines is 1. The summed E-state index contributed by atoms with van der Waals surface area (Å²) in [5, 5.41) is 3.38. The monoisotopic (exact) mass is 213 g/mol. The molecule has 0 aliphatic heterocycles. The number of nitrogens with zero attached hydrogens (tertiary/aromatic N) is 2. The van der Waals surface area contributed by atoms with E-state index in [4.69, 9.17) is 0 Å². The second-order valence-electron chi connectivity index (χ2n) is 3.87. The SMILES string of the molecule is Cc1ccc(C)c(NCc2ccncn2)c1. The lowest BCUT2D eigenvalue weighted by atomic mass is 10.1. The van der Waals surface area contributed by atoms with Gasteiger partial charge in [0.05, 0.1) is 12.2 Å². The summed E-state index contributed by atoms with van der Waals surface area (Å²) in [6.07, 6.45) is 3.33. The van der Waals surface area contributed by atoms with Crippen LogP contribution in [0.3, 0.4) is 0 Å². The van der Waals surface area contributed by atoms with Gasteiger partial charge in [0.15, 0.2) is 0 Å². The maximum absolute atomic E-state index is 4.17. The molecule has 1 aromatic heterocycles. The molecule has 1 heterocycles. The molecule has 2 aromatic rings. The van der Waals surface area contributed by atoms with Gasteiger partial charge in [-0.15, -0.1) is 0 Å². The van der Waals surface area contributed by atoms with Gasteiger partial charge in [0.2, 0.25) is 0 Å². The first-order valence-corrected chi connectivity index (χ1v) is 5.32. The normalized spacial score (nSPS) is 10.1. The fourth-order valence-corrected chi connectivity index (χ4v) is 1.53. The third-order valence-corrected chi connectivity index (χ3v) is 2.50. The minimum Gasteiger partial charge on any atom is -0.379 e. The first-order chi connectivity index (χ1) is 7.75. The van der Waals surface area contributed by atoms with Crippen molar-refractivity contribution < 1.29 is 0 Å². The van der Waals surface area contributed by atoms with E-state index in [2.05, 4.69) is 47.3 Å². The van der Waals surface area contributed by atoms with Crippen LogP contribution in [0.5, 0.6) is 0 Å². The Morgan fingerprint density at radius 2 is 2.06 bits per heavy atom. The lowest BCUT2D eigenvalue weighted by molar-refractivity contribution is 1.00. The average molecular weight is 213 g/mol. The second kappa shape index (κ2) is 4.75. The molecule has 0 aliphatic rings. The molecular weight excluding hydrogens is 198 g/mol. The maximum Gasteiger partial charge on any atom is 0.115 e. The van der Waals surface area contributed by atoms with Gasteiger partial charge in [-0.2, -0.15) is 0 Å². The van der Waals surface area contributed by atoms with Gasteiger partial charge in [0.1, 0.15) is 6.33 Å². The van der Waals surface area contributed by atoms with Crippen molar-refractivity contribution in [2.24, 2.45) is 0 Å². The minimum absolute atomic E-state index is 0.729. The van der Waals surface area contributed by atoms with E-state index in [0.29, 0.717) is 0 Å². The third kappa shape index (κ3) is 2.57. The molecule has 0 atom stereocenters. The van der Waals surface area contributed by atoms with Crippen LogP contribution in [0.15, 0.2) is 36.8 Å². The van der Waals surface area contributed by atoms with Crippen LogP contribution in [0.4, 0.5) is 5.69 Å². The highest BCUT2D eigenvalue weighted by Crippen LogP contribution is 2.16. The molecule has 0 bridgehead atoms. The van der Waals surface area contributed by atoms with Crippen LogP contribution in [0.1, 0.15) is 16.8 Å². The van der Waals surface area contributed by atoms with Crippen molar-refractivity contribution >= 4 is 5.69 Å². The smallest absolute Gasteiger partial charge is 0.115 e. The summed E-state index contributed by atoms with van der Waals surface area (Å²) in [7, 11) is 0. The molecule has 16 heavy (non-hydrogen) atoms. The van der Waals surface area contributed by atoms with E-state index < -0.39 is 0 Å². The molecule has 0 unspecified atom stereocenters. The van der Waals surface area contributed by atoms with Crippen LogP contribution in [-0.4, -0.2) is 9.97 Å². The van der Waals surface area contributed by atoms with Crippen molar-refractivity contribution in [3.8, 4) is 0 Å². The fraction of sp³-hybridized carbons (Fsp3) is 0.231. The van der Waals surface area contributed by atoms with Crippen molar-refractivity contribution in [1.82, 2.24) is 9.97 Å². The molecule has 0 radical (unpaired) electrons. The van der Waals surface area contributed by atoms with Crippen molar-refractivity contribution in [2.45, 2.75) is 20.4 Å². The van der Waals surface area contributed by atoms with E-state index in [1.807, 2.05) is 6.07 Å². The highest BCUT2D eigenvalue weighted by molar-refractivity contribution is 5.52. The van der Waals surface area contributed by atoms with E-state index >= 15 is 0 Å². The van der Waals surface area contributed by atoms with Crippen LogP contribution in [0, 0.1) is 13.8 Å². The molecule has 0 saturated heterocycles. The molecule has 0 fully saturated rings. The van der Waals surface area contributed by atoms with Crippen molar-refractivity contribution in [2.75, 3.05) is 5.32 Å². The summed E-state index contributed by atoms with van der Waals surface area (Å²) < 4.78 is 0. The van der Waals surface area contributed by atoms with E-state index in [-0.39, 0.29) is 0 Å². The van der Waals surface area contributed by atoms with Gasteiger partial charge in [0.25, 0.3) is 0 Å². The van der Waals surface area contributed by atoms with Crippen LogP contribution >= 0.6 is 0 Å². The summed E-state index contributed by atoms with van der Waals surface area (Å²) in [4.78, 5) is 8.07. The molecule has 3 heteroatoms. The minimum atomic E-state index is 0.729. The maximum atomic E-state index is 4.17. The number of rotatable bonds is 3. The summed E-state index contributed by atoms with van der Waals surface area (Å²) in [6.45, 7) is 4.92. The van der Waals surface area contributed by atoms with Gasteiger partial charge >= 0.3 is 0 Å². The highest BCUT2D eigenvalue weighted by Gasteiger charge is 1.98. The number of aryl methyl sites for hydroxylation is 2. The van der Waals surface area contributed by atoms with E-state index in [9.17, 15) is 0 Å². The van der Waals surface area contributed by atoms with Crippen LogP contribution < -0.4 is 5.32 Å². The summed E-state index contributed by atoms with van der Waals surface area (Å²) in [5.41, 5.74) is 4.67. The number of nitrogens with one attached hydrogen (secondary N) is 1. The predicted octanol–water partition coefficient (Wildman–Crippen LogP) is 2.71. The Hall–Kier alpha value is -1.90. The zero-order chi connectivity index (χ0) is 11.4. The first kappa shape index (κ1) is 10.6. The average Bonchev–Trinajstić information content (AvgIpc) is 2.32. The molecule has 0 saturated carbocycles. The third-order valence-electron chi connectivity index (χ3n) is 2.50. The molecule has 1 aromatic carbocycles. The molecule has 0 spiro atoms. The van der Waals surface area contributed by atoms with Crippen molar-refractivity contribution in [3.05, 3.63) is 53.6 Å². The molecule has 3 nitrogen and oxygen atoms in total. The first-order valence-electron chi connectivity index (χ1n) is 5.32. The number of benzene rings is 1. The van der Waals surface area contributed by atoms with Gasteiger partial charge in [-0.3, -0.25) is 0 Å². The molecule has 0 aliphatic carbocycles. The highest BCUT2D eigenvalue weighted by atomic mass is 14.9. The zero-order valence-corrected chi connectivity index (χ0v) is 9.57. The molecule has 82 valence electrons. The van der Waals surface area contributed by atoms with E-state index in [1.54, 1.807) is 12.5 Å². The van der Waals surface area contributed by atoms with E-state index in [0.717, 1.165) is 12.2 Å². The van der Waals surface area contributed by atoms with Crippen LogP contribution in [0.2, 0.25) is 0 Å². The Balaban J connectivity index is 2.08. The number of hydrogen-bond acceptors (Lipinski definition) is 3. The lowest BCUT2D eigenvalue weighted by Crippen LogP contribution is -2.03.